The molecule has 0 bridgehead atoms. The lowest BCUT2D eigenvalue weighted by atomic mass is 9.99. The van der Waals surface area contributed by atoms with Crippen LogP contribution in [-0.2, 0) is 16.0 Å². The standard InChI is InChI=1S/C11H15F3N2O2S2/c1-15-8(4-7-2-3-20(17,18)6-7)9-5-16-10(19-9)11(12,13)14/h5,7-8,15H,2-4,6H2,1H3. The highest BCUT2D eigenvalue weighted by molar-refractivity contribution is 7.91. The van der Waals surface area contributed by atoms with Gasteiger partial charge < -0.3 is 5.32 Å². The number of hydrogen-bond acceptors (Lipinski definition) is 5. The van der Waals surface area contributed by atoms with Crippen molar-refractivity contribution in [2.45, 2.75) is 25.1 Å². The Labute approximate surface area is 119 Å². The van der Waals surface area contributed by atoms with E-state index >= 15 is 0 Å². The third-order valence-electron chi connectivity index (χ3n) is 3.35. The van der Waals surface area contributed by atoms with E-state index in [0.29, 0.717) is 29.1 Å². The first-order valence-electron chi connectivity index (χ1n) is 6.12. The molecule has 1 aromatic heterocycles. The molecular weight excluding hydrogens is 313 g/mol. The first-order chi connectivity index (χ1) is 9.21. The molecule has 0 spiro atoms. The number of halogens is 3. The van der Waals surface area contributed by atoms with Crippen LogP contribution in [0.1, 0.15) is 28.8 Å². The highest BCUT2D eigenvalue weighted by atomic mass is 32.2. The van der Waals surface area contributed by atoms with E-state index < -0.39 is 21.0 Å². The maximum atomic E-state index is 12.5. The molecular formula is C11H15F3N2O2S2. The number of aromatic nitrogens is 1. The summed E-state index contributed by atoms with van der Waals surface area (Å²) in [5.74, 6) is 0.287. The third-order valence-corrected chi connectivity index (χ3v) is 6.35. The lowest BCUT2D eigenvalue weighted by Crippen LogP contribution is -2.19. The fraction of sp³-hybridized carbons (Fsp3) is 0.727. The Morgan fingerprint density at radius 3 is 2.70 bits per heavy atom. The predicted molar refractivity (Wildman–Crippen MR) is 70.3 cm³/mol. The van der Waals surface area contributed by atoms with Crippen LogP contribution in [0.4, 0.5) is 13.2 Å². The summed E-state index contributed by atoms with van der Waals surface area (Å²) in [6.45, 7) is 0. The van der Waals surface area contributed by atoms with Gasteiger partial charge in [0.2, 0.25) is 0 Å². The zero-order valence-electron chi connectivity index (χ0n) is 10.8. The first kappa shape index (κ1) is 15.7. The number of nitrogens with one attached hydrogen (secondary N) is 1. The predicted octanol–water partition coefficient (Wildman–Crippen LogP) is 2.25. The number of thiazole rings is 1. The van der Waals surface area contributed by atoms with Gasteiger partial charge in [0.1, 0.15) is 0 Å². The quantitative estimate of drug-likeness (QED) is 0.921. The normalized spacial score (nSPS) is 23.9. The van der Waals surface area contributed by atoms with Gasteiger partial charge in [0, 0.05) is 17.1 Å². The van der Waals surface area contributed by atoms with Crippen molar-refractivity contribution >= 4 is 21.2 Å². The van der Waals surface area contributed by atoms with E-state index in [1.54, 1.807) is 7.05 Å². The molecule has 20 heavy (non-hydrogen) atoms. The molecule has 2 atom stereocenters. The second-order valence-electron chi connectivity index (χ2n) is 4.91. The largest absolute Gasteiger partial charge is 0.443 e. The minimum Gasteiger partial charge on any atom is -0.312 e. The minimum atomic E-state index is -4.43. The second-order valence-corrected chi connectivity index (χ2v) is 8.20. The van der Waals surface area contributed by atoms with Gasteiger partial charge in [-0.05, 0) is 25.8 Å². The molecule has 4 nitrogen and oxygen atoms in total. The Balaban J connectivity index is 2.07. The summed E-state index contributed by atoms with van der Waals surface area (Å²) in [6, 6.07) is -0.290. The van der Waals surface area contributed by atoms with Crippen LogP contribution in [0.15, 0.2) is 6.20 Å². The number of nitrogens with zero attached hydrogens (tertiary/aromatic N) is 1. The molecule has 1 aromatic rings. The lowest BCUT2D eigenvalue weighted by molar-refractivity contribution is -0.137. The van der Waals surface area contributed by atoms with E-state index in [2.05, 4.69) is 10.3 Å². The lowest BCUT2D eigenvalue weighted by Gasteiger charge is -2.17. The van der Waals surface area contributed by atoms with Crippen LogP contribution in [-0.4, -0.2) is 32.0 Å². The van der Waals surface area contributed by atoms with Gasteiger partial charge in [-0.2, -0.15) is 13.2 Å². The van der Waals surface area contributed by atoms with Crippen LogP contribution in [0.3, 0.4) is 0 Å². The van der Waals surface area contributed by atoms with Gasteiger partial charge >= 0.3 is 6.18 Å². The molecule has 0 radical (unpaired) electrons. The summed E-state index contributed by atoms with van der Waals surface area (Å²) in [5.41, 5.74) is 0. The van der Waals surface area contributed by atoms with Crippen molar-refractivity contribution in [1.82, 2.24) is 10.3 Å². The molecule has 0 amide bonds. The highest BCUT2D eigenvalue weighted by Crippen LogP contribution is 2.36. The zero-order valence-corrected chi connectivity index (χ0v) is 12.4. The van der Waals surface area contributed by atoms with Crippen molar-refractivity contribution in [2.24, 2.45) is 5.92 Å². The maximum absolute atomic E-state index is 12.5. The smallest absolute Gasteiger partial charge is 0.312 e. The molecule has 2 unspecified atom stereocenters. The van der Waals surface area contributed by atoms with Gasteiger partial charge in [-0.25, -0.2) is 13.4 Å². The fourth-order valence-corrected chi connectivity index (χ4v) is 5.13. The van der Waals surface area contributed by atoms with Crippen LogP contribution < -0.4 is 5.32 Å². The summed E-state index contributed by atoms with van der Waals surface area (Å²) in [4.78, 5) is 3.88. The van der Waals surface area contributed by atoms with Crippen molar-refractivity contribution in [1.29, 1.82) is 0 Å². The van der Waals surface area contributed by atoms with Crippen LogP contribution in [0, 0.1) is 5.92 Å². The van der Waals surface area contributed by atoms with Gasteiger partial charge in [0.05, 0.1) is 11.5 Å². The SMILES string of the molecule is CNC(CC1CCS(=O)(=O)C1)c1cnc(C(F)(F)F)s1. The molecule has 2 heterocycles. The summed E-state index contributed by atoms with van der Waals surface area (Å²) in [7, 11) is -1.32. The van der Waals surface area contributed by atoms with Crippen LogP contribution in [0.25, 0.3) is 0 Å². The Morgan fingerprint density at radius 2 is 2.25 bits per heavy atom. The van der Waals surface area contributed by atoms with E-state index in [1.807, 2.05) is 0 Å². The minimum absolute atomic E-state index is 0.00566. The van der Waals surface area contributed by atoms with Crippen LogP contribution in [0.5, 0.6) is 0 Å². The molecule has 1 saturated heterocycles. The summed E-state index contributed by atoms with van der Waals surface area (Å²) < 4.78 is 60.4. The molecule has 0 saturated carbocycles. The van der Waals surface area contributed by atoms with Crippen molar-refractivity contribution < 1.29 is 21.6 Å². The number of sulfone groups is 1. The Hall–Kier alpha value is -0.670. The van der Waals surface area contributed by atoms with Gasteiger partial charge in [-0.1, -0.05) is 0 Å². The monoisotopic (exact) mass is 328 g/mol. The summed E-state index contributed by atoms with van der Waals surface area (Å²) in [5, 5.41) is 2.08. The van der Waals surface area contributed by atoms with Crippen LogP contribution in [0.2, 0.25) is 0 Å². The number of rotatable bonds is 4. The Morgan fingerprint density at radius 1 is 1.55 bits per heavy atom. The van der Waals surface area contributed by atoms with Gasteiger partial charge in [-0.15, -0.1) is 11.3 Å². The van der Waals surface area contributed by atoms with Crippen molar-refractivity contribution in [3.05, 3.63) is 16.1 Å². The van der Waals surface area contributed by atoms with Gasteiger partial charge in [0.15, 0.2) is 14.8 Å². The molecule has 1 N–H and O–H groups in total. The Kier molecular flexibility index (Phi) is 4.41. The van der Waals surface area contributed by atoms with Crippen molar-refractivity contribution in [3.8, 4) is 0 Å². The van der Waals surface area contributed by atoms with E-state index in [-0.39, 0.29) is 23.5 Å². The average molecular weight is 328 g/mol. The molecule has 9 heteroatoms. The highest BCUT2D eigenvalue weighted by Gasteiger charge is 2.36. The summed E-state index contributed by atoms with van der Waals surface area (Å²) >= 11 is 0.608. The Bertz CT molecular complexity index is 568. The molecule has 0 aliphatic carbocycles. The number of alkyl halides is 3. The maximum Gasteiger partial charge on any atom is 0.443 e. The topological polar surface area (TPSA) is 59.1 Å². The molecule has 114 valence electrons. The van der Waals surface area contributed by atoms with E-state index in [9.17, 15) is 21.6 Å². The van der Waals surface area contributed by atoms with Crippen molar-refractivity contribution in [3.63, 3.8) is 0 Å². The van der Waals surface area contributed by atoms with Crippen molar-refractivity contribution in [2.75, 3.05) is 18.6 Å². The van der Waals surface area contributed by atoms with Gasteiger partial charge in [-0.3, -0.25) is 0 Å². The number of hydrogen-bond donors (Lipinski definition) is 1. The van der Waals surface area contributed by atoms with Crippen LogP contribution >= 0.6 is 11.3 Å². The van der Waals surface area contributed by atoms with E-state index in [1.165, 1.54) is 6.20 Å². The molecule has 0 aromatic carbocycles. The molecule has 2 rings (SSSR count). The molecule has 1 fully saturated rings. The average Bonchev–Trinajstić information content (AvgIpc) is 2.92. The fourth-order valence-electron chi connectivity index (χ4n) is 2.35. The van der Waals surface area contributed by atoms with E-state index in [0.717, 1.165) is 0 Å². The molecule has 1 aliphatic rings. The second kappa shape index (κ2) is 5.61. The zero-order chi connectivity index (χ0) is 15.0. The van der Waals surface area contributed by atoms with Gasteiger partial charge in [0.25, 0.3) is 0 Å². The first-order valence-corrected chi connectivity index (χ1v) is 8.75. The molecule has 1 aliphatic heterocycles. The summed E-state index contributed by atoms with van der Waals surface area (Å²) in [6.07, 6.45) is -2.13. The van der Waals surface area contributed by atoms with E-state index in [4.69, 9.17) is 0 Å². The third kappa shape index (κ3) is 3.70.